The van der Waals surface area contributed by atoms with Crippen LogP contribution in [0.4, 0.5) is 4.39 Å². The molecule has 2 aromatic heterocycles. The first kappa shape index (κ1) is 12.5. The van der Waals surface area contributed by atoms with Crippen molar-refractivity contribution in [2.45, 2.75) is 20.4 Å². The van der Waals surface area contributed by atoms with Crippen LogP contribution in [0.5, 0.6) is 0 Å². The van der Waals surface area contributed by atoms with Crippen LogP contribution in [0.15, 0.2) is 18.3 Å². The molecule has 0 bridgehead atoms. The van der Waals surface area contributed by atoms with E-state index in [1.54, 1.807) is 18.3 Å². The summed E-state index contributed by atoms with van der Waals surface area (Å²) in [5.41, 5.74) is 2.25. The molecular weight excluding hydrogens is 281 g/mol. The monoisotopic (exact) mass is 293 g/mol. The molecular formula is C13H12FN3S2. The van der Waals surface area contributed by atoms with E-state index >= 15 is 0 Å². The van der Waals surface area contributed by atoms with Gasteiger partial charge in [0.2, 0.25) is 0 Å². The fourth-order valence-electron chi connectivity index (χ4n) is 2.05. The molecule has 0 spiro atoms. The van der Waals surface area contributed by atoms with E-state index in [1.807, 2.05) is 23.8 Å². The zero-order chi connectivity index (χ0) is 13.6. The molecule has 98 valence electrons. The Kier molecular flexibility index (Phi) is 2.99. The van der Waals surface area contributed by atoms with Gasteiger partial charge < -0.3 is 9.55 Å². The molecule has 1 aromatic carbocycles. The number of rotatable bonds is 2. The number of halogens is 1. The molecule has 1 N–H and O–H groups in total. The third-order valence-electron chi connectivity index (χ3n) is 3.02. The Morgan fingerprint density at radius 3 is 2.89 bits per heavy atom. The summed E-state index contributed by atoms with van der Waals surface area (Å²) < 4.78 is 16.1. The highest BCUT2D eigenvalue weighted by Crippen LogP contribution is 2.21. The van der Waals surface area contributed by atoms with Gasteiger partial charge in [0.25, 0.3) is 0 Å². The predicted octanol–water partition coefficient (Wildman–Crippen LogP) is 3.96. The summed E-state index contributed by atoms with van der Waals surface area (Å²) in [5.74, 6) is -0.221. The topological polar surface area (TPSA) is 33.6 Å². The lowest BCUT2D eigenvalue weighted by molar-refractivity contribution is 0.620. The summed E-state index contributed by atoms with van der Waals surface area (Å²) in [6.07, 6.45) is 1.85. The number of benzene rings is 1. The standard InChI is InChI=1S/C13H12FN3S2/c1-7-3-11-10(4-9(7)14)16-13(18)17(11)6-12-15-5-8(2)19-12/h3-5H,6H2,1-2H3,(H,16,18). The summed E-state index contributed by atoms with van der Waals surface area (Å²) in [6, 6.07) is 3.31. The van der Waals surface area contributed by atoms with E-state index in [9.17, 15) is 4.39 Å². The molecule has 0 atom stereocenters. The van der Waals surface area contributed by atoms with Gasteiger partial charge in [-0.15, -0.1) is 11.3 Å². The molecule has 3 nitrogen and oxygen atoms in total. The van der Waals surface area contributed by atoms with E-state index in [0.717, 1.165) is 16.0 Å². The van der Waals surface area contributed by atoms with E-state index < -0.39 is 0 Å². The first-order valence-electron chi connectivity index (χ1n) is 5.84. The molecule has 0 saturated heterocycles. The van der Waals surface area contributed by atoms with Crippen molar-refractivity contribution in [1.29, 1.82) is 0 Å². The molecule has 0 amide bonds. The first-order valence-corrected chi connectivity index (χ1v) is 7.07. The van der Waals surface area contributed by atoms with E-state index in [1.165, 1.54) is 10.9 Å². The number of hydrogen-bond acceptors (Lipinski definition) is 3. The molecule has 0 radical (unpaired) electrons. The van der Waals surface area contributed by atoms with Gasteiger partial charge in [0.15, 0.2) is 4.77 Å². The summed E-state index contributed by atoms with van der Waals surface area (Å²) in [4.78, 5) is 8.55. The molecule has 3 aromatic rings. The van der Waals surface area contributed by atoms with Crippen LogP contribution in [-0.2, 0) is 6.54 Å². The van der Waals surface area contributed by atoms with E-state index in [2.05, 4.69) is 9.97 Å². The maximum atomic E-state index is 13.5. The number of nitrogens with zero attached hydrogens (tertiary/aromatic N) is 2. The molecule has 0 aliphatic carbocycles. The van der Waals surface area contributed by atoms with Gasteiger partial charge in [-0.1, -0.05) is 0 Å². The smallest absolute Gasteiger partial charge is 0.178 e. The molecule has 3 rings (SSSR count). The molecule has 19 heavy (non-hydrogen) atoms. The molecule has 0 fully saturated rings. The van der Waals surface area contributed by atoms with Crippen LogP contribution in [0, 0.1) is 24.4 Å². The Balaban J connectivity index is 2.15. The quantitative estimate of drug-likeness (QED) is 0.726. The summed E-state index contributed by atoms with van der Waals surface area (Å²) in [6.45, 7) is 4.39. The Bertz CT molecular complexity index is 813. The van der Waals surface area contributed by atoms with Crippen molar-refractivity contribution in [2.75, 3.05) is 0 Å². The molecule has 6 heteroatoms. The zero-order valence-corrected chi connectivity index (χ0v) is 12.2. The van der Waals surface area contributed by atoms with Gasteiger partial charge in [0.05, 0.1) is 17.6 Å². The van der Waals surface area contributed by atoms with Gasteiger partial charge in [-0.05, 0) is 43.8 Å². The average Bonchev–Trinajstić information content (AvgIpc) is 2.87. The number of H-pyrrole nitrogens is 1. The second-order valence-corrected chi connectivity index (χ2v) is 6.21. The molecule has 0 aliphatic heterocycles. The average molecular weight is 293 g/mol. The summed E-state index contributed by atoms with van der Waals surface area (Å²) in [7, 11) is 0. The largest absolute Gasteiger partial charge is 0.330 e. The second kappa shape index (κ2) is 4.54. The Morgan fingerprint density at radius 2 is 2.21 bits per heavy atom. The van der Waals surface area contributed by atoms with Gasteiger partial charge in [0, 0.05) is 11.1 Å². The predicted molar refractivity (Wildman–Crippen MR) is 77.8 cm³/mol. The minimum absolute atomic E-state index is 0.221. The number of thiazole rings is 1. The van der Waals surface area contributed by atoms with Crippen LogP contribution < -0.4 is 0 Å². The Hall–Kier alpha value is -1.53. The van der Waals surface area contributed by atoms with Gasteiger partial charge in [-0.25, -0.2) is 9.37 Å². The summed E-state index contributed by atoms with van der Waals surface area (Å²) >= 11 is 6.95. The van der Waals surface area contributed by atoms with E-state index in [4.69, 9.17) is 12.2 Å². The van der Waals surface area contributed by atoms with Crippen molar-refractivity contribution in [1.82, 2.24) is 14.5 Å². The Morgan fingerprint density at radius 1 is 1.42 bits per heavy atom. The maximum Gasteiger partial charge on any atom is 0.178 e. The highest BCUT2D eigenvalue weighted by molar-refractivity contribution is 7.71. The maximum absolute atomic E-state index is 13.5. The number of aromatic nitrogens is 3. The van der Waals surface area contributed by atoms with Gasteiger partial charge in [-0.3, -0.25) is 0 Å². The van der Waals surface area contributed by atoms with Crippen molar-refractivity contribution in [3.63, 3.8) is 0 Å². The third kappa shape index (κ3) is 2.21. The number of imidazole rings is 1. The van der Waals surface area contributed by atoms with Crippen LogP contribution in [0.3, 0.4) is 0 Å². The lowest BCUT2D eigenvalue weighted by atomic mass is 10.2. The fraction of sp³-hybridized carbons (Fsp3) is 0.231. The van der Waals surface area contributed by atoms with Crippen molar-refractivity contribution >= 4 is 34.6 Å². The first-order chi connectivity index (χ1) is 9.04. The highest BCUT2D eigenvalue weighted by atomic mass is 32.1. The van der Waals surface area contributed by atoms with Crippen molar-refractivity contribution < 1.29 is 4.39 Å². The van der Waals surface area contributed by atoms with Gasteiger partial charge in [0.1, 0.15) is 10.8 Å². The Labute approximate surface area is 118 Å². The van der Waals surface area contributed by atoms with Crippen LogP contribution >= 0.6 is 23.6 Å². The zero-order valence-electron chi connectivity index (χ0n) is 10.5. The minimum Gasteiger partial charge on any atom is -0.330 e. The molecule has 0 aliphatic rings. The van der Waals surface area contributed by atoms with Gasteiger partial charge >= 0.3 is 0 Å². The van der Waals surface area contributed by atoms with Crippen LogP contribution in [0.2, 0.25) is 0 Å². The minimum atomic E-state index is -0.221. The van der Waals surface area contributed by atoms with Crippen molar-refractivity contribution in [3.8, 4) is 0 Å². The van der Waals surface area contributed by atoms with Crippen LogP contribution in [0.1, 0.15) is 15.4 Å². The van der Waals surface area contributed by atoms with E-state index in [-0.39, 0.29) is 5.82 Å². The normalized spacial score (nSPS) is 11.3. The number of hydrogen-bond donors (Lipinski definition) is 1. The third-order valence-corrected chi connectivity index (χ3v) is 4.24. The van der Waals surface area contributed by atoms with Gasteiger partial charge in [-0.2, -0.15) is 0 Å². The van der Waals surface area contributed by atoms with Crippen LogP contribution in [0.25, 0.3) is 11.0 Å². The van der Waals surface area contributed by atoms with Crippen molar-refractivity contribution in [3.05, 3.63) is 44.4 Å². The molecule has 0 unspecified atom stereocenters. The molecule has 0 saturated carbocycles. The fourth-order valence-corrected chi connectivity index (χ4v) is 3.10. The number of aryl methyl sites for hydroxylation is 2. The van der Waals surface area contributed by atoms with Crippen LogP contribution in [-0.4, -0.2) is 14.5 Å². The number of nitrogens with one attached hydrogen (secondary N) is 1. The lowest BCUT2D eigenvalue weighted by Gasteiger charge is -2.03. The van der Waals surface area contributed by atoms with Crippen molar-refractivity contribution in [2.24, 2.45) is 0 Å². The number of fused-ring (bicyclic) bond motifs is 1. The second-order valence-electron chi connectivity index (χ2n) is 4.50. The lowest BCUT2D eigenvalue weighted by Crippen LogP contribution is -1.99. The SMILES string of the molecule is Cc1cnc(Cn2c(=S)[nH]c3cc(F)c(C)cc32)s1. The molecule has 2 heterocycles. The highest BCUT2D eigenvalue weighted by Gasteiger charge is 2.09. The summed E-state index contributed by atoms with van der Waals surface area (Å²) in [5, 5.41) is 0.997. The number of aromatic amines is 1. The van der Waals surface area contributed by atoms with E-state index in [0.29, 0.717) is 16.9 Å².